The Morgan fingerprint density at radius 3 is 2.50 bits per heavy atom. The average molecular weight is 292 g/mol. The number of nitrogens with one attached hydrogen (secondary N) is 2. The van der Waals surface area contributed by atoms with Gasteiger partial charge in [0.2, 0.25) is 0 Å². The number of carbonyl (C=O) groups is 1. The number of aromatic nitrogens is 3. The first kappa shape index (κ1) is 14.0. The summed E-state index contributed by atoms with van der Waals surface area (Å²) in [5.41, 5.74) is 4.66. The lowest BCUT2D eigenvalue weighted by molar-refractivity contribution is 0.102. The number of H-pyrrole nitrogens is 1. The van der Waals surface area contributed by atoms with Crippen molar-refractivity contribution in [2.24, 2.45) is 0 Å². The van der Waals surface area contributed by atoms with Crippen molar-refractivity contribution in [3.63, 3.8) is 0 Å². The van der Waals surface area contributed by atoms with Gasteiger partial charge in [-0.05, 0) is 43.2 Å². The predicted octanol–water partition coefficient (Wildman–Crippen LogP) is 3.34. The Kier molecular flexibility index (Phi) is 3.70. The molecule has 1 aromatic carbocycles. The number of hydrogen-bond donors (Lipinski definition) is 2. The normalized spacial score (nSPS) is 10.5. The molecule has 0 saturated heterocycles. The zero-order valence-electron chi connectivity index (χ0n) is 12.4. The first-order chi connectivity index (χ1) is 10.6. The van der Waals surface area contributed by atoms with Gasteiger partial charge < -0.3 is 5.32 Å². The molecule has 0 spiro atoms. The molecule has 5 nitrogen and oxygen atoms in total. The van der Waals surface area contributed by atoms with Crippen molar-refractivity contribution in [1.82, 2.24) is 15.2 Å². The Morgan fingerprint density at radius 1 is 1.05 bits per heavy atom. The van der Waals surface area contributed by atoms with Gasteiger partial charge in [-0.25, -0.2) is 0 Å². The number of pyridine rings is 1. The zero-order valence-corrected chi connectivity index (χ0v) is 12.4. The summed E-state index contributed by atoms with van der Waals surface area (Å²) in [5.74, 6) is -0.216. The Labute approximate surface area is 128 Å². The molecule has 0 radical (unpaired) electrons. The summed E-state index contributed by atoms with van der Waals surface area (Å²) in [6.45, 7) is 3.93. The number of benzene rings is 1. The lowest BCUT2D eigenvalue weighted by Gasteiger charge is -2.10. The van der Waals surface area contributed by atoms with E-state index in [1.54, 1.807) is 12.3 Å². The highest BCUT2D eigenvalue weighted by atomic mass is 16.1. The highest BCUT2D eigenvalue weighted by Crippen LogP contribution is 2.21. The summed E-state index contributed by atoms with van der Waals surface area (Å²) in [5, 5.41) is 9.84. The van der Waals surface area contributed by atoms with Crippen LogP contribution in [0.1, 0.15) is 21.6 Å². The molecular formula is C17H16N4O. The Bertz CT molecular complexity index is 788. The smallest absolute Gasteiger partial charge is 0.273 e. The summed E-state index contributed by atoms with van der Waals surface area (Å²) >= 11 is 0. The molecule has 2 heterocycles. The second-order valence-electron chi connectivity index (χ2n) is 5.10. The largest absolute Gasteiger partial charge is 0.320 e. The van der Waals surface area contributed by atoms with E-state index in [2.05, 4.69) is 20.5 Å². The number of rotatable bonds is 3. The van der Waals surface area contributed by atoms with Crippen LogP contribution in [0.5, 0.6) is 0 Å². The van der Waals surface area contributed by atoms with Gasteiger partial charge in [-0.15, -0.1) is 0 Å². The maximum absolute atomic E-state index is 12.4. The van der Waals surface area contributed by atoms with E-state index in [0.29, 0.717) is 11.4 Å². The lowest BCUT2D eigenvalue weighted by atomic mass is 10.1. The highest BCUT2D eigenvalue weighted by molar-refractivity contribution is 6.04. The maximum Gasteiger partial charge on any atom is 0.273 e. The number of hydrogen-bond acceptors (Lipinski definition) is 3. The van der Waals surface area contributed by atoms with Crippen LogP contribution in [0.4, 0.5) is 5.69 Å². The van der Waals surface area contributed by atoms with Crippen molar-refractivity contribution >= 4 is 11.6 Å². The minimum atomic E-state index is -0.216. The van der Waals surface area contributed by atoms with Crippen molar-refractivity contribution in [2.45, 2.75) is 13.8 Å². The molecular weight excluding hydrogens is 276 g/mol. The molecule has 2 aromatic heterocycles. The molecule has 2 N–H and O–H groups in total. The van der Waals surface area contributed by atoms with Gasteiger partial charge in [0.25, 0.3) is 5.91 Å². The fourth-order valence-electron chi connectivity index (χ4n) is 2.28. The molecule has 0 atom stereocenters. The van der Waals surface area contributed by atoms with E-state index in [9.17, 15) is 4.79 Å². The summed E-state index contributed by atoms with van der Waals surface area (Å²) in [4.78, 5) is 16.6. The molecule has 0 aliphatic carbocycles. The molecule has 0 aliphatic rings. The van der Waals surface area contributed by atoms with E-state index in [1.165, 1.54) is 0 Å². The highest BCUT2D eigenvalue weighted by Gasteiger charge is 2.13. The third kappa shape index (κ3) is 2.74. The molecule has 22 heavy (non-hydrogen) atoms. The summed E-state index contributed by atoms with van der Waals surface area (Å²) < 4.78 is 0. The molecule has 0 fully saturated rings. The third-order valence-electron chi connectivity index (χ3n) is 3.47. The number of carbonyl (C=O) groups excluding carboxylic acids is 1. The number of amides is 1. The first-order valence-corrected chi connectivity index (χ1v) is 6.99. The first-order valence-electron chi connectivity index (χ1n) is 6.99. The molecule has 1 amide bonds. The minimum Gasteiger partial charge on any atom is -0.320 e. The monoisotopic (exact) mass is 292 g/mol. The number of aromatic amines is 1. The van der Waals surface area contributed by atoms with Crippen molar-refractivity contribution in [1.29, 1.82) is 0 Å². The molecule has 5 heteroatoms. The van der Waals surface area contributed by atoms with Crippen LogP contribution in [0.2, 0.25) is 0 Å². The zero-order chi connectivity index (χ0) is 15.5. The van der Waals surface area contributed by atoms with Gasteiger partial charge in [-0.1, -0.05) is 24.3 Å². The fourth-order valence-corrected chi connectivity index (χ4v) is 2.28. The third-order valence-corrected chi connectivity index (χ3v) is 3.47. The van der Waals surface area contributed by atoms with Crippen LogP contribution in [0.3, 0.4) is 0 Å². The van der Waals surface area contributed by atoms with Gasteiger partial charge in [0.05, 0.1) is 5.69 Å². The second kappa shape index (κ2) is 5.81. The number of nitrogens with zero attached hydrogens (tertiary/aromatic N) is 2. The summed E-state index contributed by atoms with van der Waals surface area (Å²) in [6.07, 6.45) is 1.69. The minimum absolute atomic E-state index is 0.216. The SMILES string of the molecule is Cc1cccc(C)c1NC(=O)c1cc(-c2ccccn2)n[nH]1. The van der Waals surface area contributed by atoms with Crippen molar-refractivity contribution < 1.29 is 4.79 Å². The molecule has 0 unspecified atom stereocenters. The van der Waals surface area contributed by atoms with Crippen LogP contribution in [0.25, 0.3) is 11.4 Å². The van der Waals surface area contributed by atoms with E-state index in [-0.39, 0.29) is 5.91 Å². The molecule has 0 bridgehead atoms. The van der Waals surface area contributed by atoms with Crippen LogP contribution in [0.15, 0.2) is 48.7 Å². The van der Waals surface area contributed by atoms with Gasteiger partial charge in [0.1, 0.15) is 11.4 Å². The maximum atomic E-state index is 12.4. The number of aryl methyl sites for hydroxylation is 2. The number of para-hydroxylation sites is 1. The molecule has 3 rings (SSSR count). The van der Waals surface area contributed by atoms with E-state index in [4.69, 9.17) is 0 Å². The van der Waals surface area contributed by atoms with Crippen LogP contribution < -0.4 is 5.32 Å². The van der Waals surface area contributed by atoms with Crippen LogP contribution >= 0.6 is 0 Å². The summed E-state index contributed by atoms with van der Waals surface area (Å²) in [7, 11) is 0. The Balaban J connectivity index is 1.83. The quantitative estimate of drug-likeness (QED) is 0.777. The van der Waals surface area contributed by atoms with Crippen LogP contribution in [-0.2, 0) is 0 Å². The Hall–Kier alpha value is -2.95. The van der Waals surface area contributed by atoms with E-state index in [1.807, 2.05) is 50.2 Å². The standard InChI is InChI=1S/C17H16N4O/c1-11-6-5-7-12(2)16(11)19-17(22)15-10-14(20-21-15)13-8-3-4-9-18-13/h3-10H,1-2H3,(H,19,22)(H,20,21). The molecule has 110 valence electrons. The fraction of sp³-hybridized carbons (Fsp3) is 0.118. The van der Waals surface area contributed by atoms with Crippen molar-refractivity contribution in [2.75, 3.05) is 5.32 Å². The average Bonchev–Trinajstić information content (AvgIpc) is 3.02. The van der Waals surface area contributed by atoms with Crippen molar-refractivity contribution in [3.05, 3.63) is 65.5 Å². The molecule has 3 aromatic rings. The van der Waals surface area contributed by atoms with Crippen LogP contribution in [-0.4, -0.2) is 21.1 Å². The second-order valence-corrected chi connectivity index (χ2v) is 5.10. The van der Waals surface area contributed by atoms with Crippen LogP contribution in [0, 0.1) is 13.8 Å². The van der Waals surface area contributed by atoms with Gasteiger partial charge >= 0.3 is 0 Å². The van der Waals surface area contributed by atoms with Gasteiger partial charge in [0, 0.05) is 11.9 Å². The van der Waals surface area contributed by atoms with Crippen molar-refractivity contribution in [3.8, 4) is 11.4 Å². The van der Waals surface area contributed by atoms with E-state index in [0.717, 1.165) is 22.5 Å². The molecule has 0 saturated carbocycles. The predicted molar refractivity (Wildman–Crippen MR) is 85.7 cm³/mol. The van der Waals surface area contributed by atoms with Gasteiger partial charge in [-0.3, -0.25) is 14.9 Å². The summed E-state index contributed by atoms with van der Waals surface area (Å²) in [6, 6.07) is 13.2. The van der Waals surface area contributed by atoms with Gasteiger partial charge in [0.15, 0.2) is 0 Å². The topological polar surface area (TPSA) is 70.7 Å². The van der Waals surface area contributed by atoms with E-state index < -0.39 is 0 Å². The van der Waals surface area contributed by atoms with Gasteiger partial charge in [-0.2, -0.15) is 5.10 Å². The lowest BCUT2D eigenvalue weighted by Crippen LogP contribution is -2.14. The molecule has 0 aliphatic heterocycles. The van der Waals surface area contributed by atoms with E-state index >= 15 is 0 Å². The number of anilines is 1. The Morgan fingerprint density at radius 2 is 1.82 bits per heavy atom.